The molecule has 2 heterocycles. The predicted molar refractivity (Wildman–Crippen MR) is 138 cm³/mol. The summed E-state index contributed by atoms with van der Waals surface area (Å²) < 4.78 is 28.4. The minimum atomic E-state index is -5.20. The number of aliphatic hydroxyl groups is 2. The van der Waals surface area contributed by atoms with Gasteiger partial charge in [0, 0.05) is 25.4 Å². The maximum atomic E-state index is 12.3. The zero-order valence-corrected chi connectivity index (χ0v) is 23.1. The van der Waals surface area contributed by atoms with Crippen LogP contribution in [-0.2, 0) is 23.6 Å². The second-order valence-electron chi connectivity index (χ2n) is 9.39. The van der Waals surface area contributed by atoms with E-state index in [4.69, 9.17) is 31.0 Å². The molecular formula is C21H34ClN6O10P. The zero-order chi connectivity index (χ0) is 29.0. The molecule has 220 valence electrons. The van der Waals surface area contributed by atoms with Gasteiger partial charge in [0.1, 0.15) is 24.1 Å². The molecule has 39 heavy (non-hydrogen) atoms. The van der Waals surface area contributed by atoms with E-state index < -0.39 is 63.0 Å². The number of aromatic nitrogens is 2. The summed E-state index contributed by atoms with van der Waals surface area (Å²) in [6, 6.07) is 0.207. The Hall–Kier alpha value is -1.98. The monoisotopic (exact) mass is 596 g/mol. The van der Waals surface area contributed by atoms with Crippen LogP contribution in [0.15, 0.2) is 5.10 Å². The molecule has 1 aliphatic carbocycles. The number of hydrogen-bond acceptors (Lipinski definition) is 13. The Morgan fingerprint density at radius 1 is 1.31 bits per heavy atom. The molecule has 0 bridgehead atoms. The second kappa shape index (κ2) is 13.1. The number of carbonyl (C=O) groups is 1. The smallest absolute Gasteiger partial charge is 0.360 e. The molecule has 1 aromatic rings. The van der Waals surface area contributed by atoms with E-state index in [1.54, 1.807) is 6.92 Å². The maximum absolute atomic E-state index is 12.3. The highest BCUT2D eigenvalue weighted by Gasteiger charge is 2.53. The number of hydroxylamine groups is 1. The van der Waals surface area contributed by atoms with Crippen molar-refractivity contribution in [1.29, 1.82) is 0 Å². The van der Waals surface area contributed by atoms with Crippen molar-refractivity contribution in [2.45, 2.75) is 75.0 Å². The summed E-state index contributed by atoms with van der Waals surface area (Å²) in [4.78, 5) is 40.1. The third-order valence-electron chi connectivity index (χ3n) is 6.71. The Kier molecular flexibility index (Phi) is 10.6. The molecule has 0 unspecified atom stereocenters. The van der Waals surface area contributed by atoms with E-state index in [2.05, 4.69) is 27.1 Å². The van der Waals surface area contributed by atoms with E-state index in [1.807, 2.05) is 0 Å². The van der Waals surface area contributed by atoms with Crippen molar-refractivity contribution >= 4 is 43.5 Å². The Balaban J connectivity index is 1.83. The van der Waals surface area contributed by atoms with Crippen molar-refractivity contribution in [2.75, 3.05) is 30.6 Å². The lowest BCUT2D eigenvalue weighted by Gasteiger charge is -2.34. The first-order valence-electron chi connectivity index (χ1n) is 12.1. The van der Waals surface area contributed by atoms with Gasteiger partial charge in [-0.2, -0.15) is 10.1 Å². The van der Waals surface area contributed by atoms with Gasteiger partial charge in [-0.15, -0.1) is 0 Å². The van der Waals surface area contributed by atoms with Crippen molar-refractivity contribution in [3.05, 3.63) is 10.8 Å². The number of ether oxygens (including phenoxy) is 3. The summed E-state index contributed by atoms with van der Waals surface area (Å²) >= 11 is 6.17. The number of nitrogens with one attached hydrogen (secondary N) is 2. The van der Waals surface area contributed by atoms with Gasteiger partial charge in [0.05, 0.1) is 19.6 Å². The van der Waals surface area contributed by atoms with E-state index in [-0.39, 0.29) is 17.1 Å². The van der Waals surface area contributed by atoms with Crippen LogP contribution in [0.2, 0.25) is 5.28 Å². The molecule has 18 heteroatoms. The molecule has 0 spiro atoms. The molecule has 3 rings (SSSR count). The van der Waals surface area contributed by atoms with Crippen LogP contribution >= 0.6 is 19.2 Å². The number of carbonyl (C=O) groups excluding carboxylic acids is 1. The van der Waals surface area contributed by atoms with Crippen molar-refractivity contribution in [1.82, 2.24) is 15.4 Å². The Morgan fingerprint density at radius 3 is 2.54 bits per heavy atom. The molecule has 16 nitrogen and oxygen atoms in total. The minimum Gasteiger partial charge on any atom is -0.387 e. The van der Waals surface area contributed by atoms with Gasteiger partial charge in [-0.05, 0) is 31.4 Å². The molecule has 1 aromatic heterocycles. The minimum absolute atomic E-state index is 0.106. The fourth-order valence-electron chi connectivity index (χ4n) is 4.61. The van der Waals surface area contributed by atoms with Gasteiger partial charge in [0.15, 0.2) is 12.0 Å². The molecule has 0 radical (unpaired) electrons. The van der Waals surface area contributed by atoms with Gasteiger partial charge in [0.25, 0.3) is 0 Å². The predicted octanol–water partition coefficient (Wildman–Crippen LogP) is 0.0941. The molecular weight excluding hydrogens is 563 g/mol. The first kappa shape index (κ1) is 31.5. The summed E-state index contributed by atoms with van der Waals surface area (Å²) in [6.07, 6.45) is -2.78. The highest BCUT2D eigenvalue weighted by Crippen LogP contribution is 2.53. The highest BCUT2D eigenvalue weighted by atomic mass is 35.5. The topological polar surface area (TPSA) is 228 Å². The Bertz CT molecular complexity index is 1080. The number of hydrogen-bond donors (Lipinski definition) is 7. The Labute approximate surface area is 229 Å². The molecule has 1 amide bonds. The molecule has 5 atom stereocenters. The van der Waals surface area contributed by atoms with E-state index in [1.165, 1.54) is 5.48 Å². The first-order chi connectivity index (χ1) is 18.4. The summed E-state index contributed by atoms with van der Waals surface area (Å²) in [6.45, 7) is 3.80. The lowest BCUT2D eigenvalue weighted by Crippen LogP contribution is -2.45. The number of rotatable bonds is 13. The fraction of sp³-hybridized carbons (Fsp3) is 0.714. The van der Waals surface area contributed by atoms with Crippen molar-refractivity contribution in [3.8, 4) is 0 Å². The molecule has 1 aliphatic heterocycles. The third-order valence-corrected chi connectivity index (χ3v) is 8.36. The van der Waals surface area contributed by atoms with Crippen LogP contribution in [0.25, 0.3) is 0 Å². The number of aliphatic hydroxyl groups excluding tert-OH is 2. The first-order valence-corrected chi connectivity index (χ1v) is 14.1. The van der Waals surface area contributed by atoms with Crippen LogP contribution in [0.5, 0.6) is 0 Å². The molecule has 1 saturated heterocycles. The number of nitrogens with zero attached hydrogens (tertiary/aromatic N) is 4. The number of methoxy groups -OCH3 is 1. The lowest BCUT2D eigenvalue weighted by atomic mass is 10.1. The fourth-order valence-corrected chi connectivity index (χ4v) is 5.66. The molecule has 1 saturated carbocycles. The van der Waals surface area contributed by atoms with Crippen LogP contribution < -0.4 is 15.8 Å². The Morgan fingerprint density at radius 2 is 1.97 bits per heavy atom. The largest absolute Gasteiger partial charge is 0.387 e. The molecule has 2 aliphatic rings. The number of halogens is 1. The average molecular weight is 597 g/mol. The van der Waals surface area contributed by atoms with Gasteiger partial charge in [0.2, 0.25) is 16.5 Å². The maximum Gasteiger partial charge on any atom is 0.360 e. The van der Waals surface area contributed by atoms with Gasteiger partial charge < -0.3 is 39.5 Å². The van der Waals surface area contributed by atoms with Crippen LogP contribution in [0.3, 0.4) is 0 Å². The molecule has 2 fully saturated rings. The molecule has 0 aromatic carbocycles. The van der Waals surface area contributed by atoms with E-state index in [9.17, 15) is 29.4 Å². The van der Waals surface area contributed by atoms with Crippen LogP contribution in [0, 0.1) is 6.92 Å². The summed E-state index contributed by atoms with van der Waals surface area (Å²) in [5.41, 5.74) is 1.81. The number of anilines is 2. The zero-order valence-electron chi connectivity index (χ0n) is 21.4. The van der Waals surface area contributed by atoms with Gasteiger partial charge in [-0.25, -0.2) is 15.5 Å². The van der Waals surface area contributed by atoms with Gasteiger partial charge in [-0.3, -0.25) is 14.6 Å². The van der Waals surface area contributed by atoms with Crippen LogP contribution in [-0.4, -0.2) is 104 Å². The van der Waals surface area contributed by atoms with E-state index in [0.29, 0.717) is 11.4 Å². The van der Waals surface area contributed by atoms with Crippen LogP contribution in [0.1, 0.15) is 37.7 Å². The SMILES string of the molecule is C=NN(c1nc(Cl)nc(NC2CCCC2)c1C)[C@@H]1O[C@H](CO[C@@](COC)(CC(=O)NO)P(=O)(O)O)[C@@H](O)[C@H]1O. The van der Waals surface area contributed by atoms with Crippen LogP contribution in [0.4, 0.5) is 11.6 Å². The summed E-state index contributed by atoms with van der Waals surface area (Å²) in [5.74, 6) is -0.542. The average Bonchev–Trinajstić information content (AvgIpc) is 3.48. The number of amides is 1. The standard InChI is InChI=1S/C21H34ClN6O10P/c1-11-17(24-12-6-4-5-7-12)25-20(22)26-18(11)28(23-2)19-16(31)15(30)13(38-19)9-37-21(10-36-3,39(33,34)35)8-14(29)27-32/h12-13,15-16,19,30-32H,2,4-10H2,1,3H3,(H,27,29)(H,24,25,26)(H2,33,34,35)/t13-,15-,16-,19-,21+/m1/s1. The lowest BCUT2D eigenvalue weighted by molar-refractivity contribution is -0.141. The summed E-state index contributed by atoms with van der Waals surface area (Å²) in [7, 11) is -4.07. The van der Waals surface area contributed by atoms with E-state index >= 15 is 0 Å². The molecule has 7 N–H and O–H groups in total. The quantitative estimate of drug-likeness (QED) is 0.0526. The highest BCUT2D eigenvalue weighted by molar-refractivity contribution is 7.53. The van der Waals surface area contributed by atoms with Gasteiger partial charge in [-0.1, -0.05) is 12.8 Å². The normalized spacial score (nSPS) is 25.3. The summed E-state index contributed by atoms with van der Waals surface area (Å²) in [5, 5.41) is 36.1. The third kappa shape index (κ3) is 7.03. The van der Waals surface area contributed by atoms with E-state index in [0.717, 1.165) is 37.8 Å². The van der Waals surface area contributed by atoms with Crippen molar-refractivity contribution in [3.63, 3.8) is 0 Å². The second-order valence-corrected chi connectivity index (χ2v) is 11.6. The van der Waals surface area contributed by atoms with Crippen molar-refractivity contribution in [2.24, 2.45) is 5.10 Å². The number of hydrazone groups is 1. The van der Waals surface area contributed by atoms with Crippen molar-refractivity contribution < 1.29 is 48.8 Å². The van der Waals surface area contributed by atoms with Gasteiger partial charge >= 0.3 is 7.60 Å².